The van der Waals surface area contributed by atoms with Crippen molar-refractivity contribution >= 4 is 15.7 Å². The van der Waals surface area contributed by atoms with Crippen LogP contribution in [0.25, 0.3) is 11.5 Å². The fourth-order valence-electron chi connectivity index (χ4n) is 3.78. The van der Waals surface area contributed by atoms with Gasteiger partial charge in [0.2, 0.25) is 5.89 Å². The number of rotatable bonds is 8. The second-order valence-corrected chi connectivity index (χ2v) is 9.97. The number of amides is 1. The van der Waals surface area contributed by atoms with Gasteiger partial charge in [-0.1, -0.05) is 18.2 Å². The van der Waals surface area contributed by atoms with Gasteiger partial charge in [-0.05, 0) is 69.3 Å². The summed E-state index contributed by atoms with van der Waals surface area (Å²) in [7, 11) is -3.52. The van der Waals surface area contributed by atoms with Crippen LogP contribution in [0.2, 0.25) is 0 Å². The van der Waals surface area contributed by atoms with Gasteiger partial charge in [0.15, 0.2) is 9.84 Å². The molecule has 168 valence electrons. The van der Waals surface area contributed by atoms with Crippen LogP contribution in [0.4, 0.5) is 0 Å². The molecule has 2 heterocycles. The van der Waals surface area contributed by atoms with Crippen LogP contribution < -0.4 is 5.32 Å². The summed E-state index contributed by atoms with van der Waals surface area (Å²) in [4.78, 5) is 19.4. The molecule has 0 aliphatic carbocycles. The second kappa shape index (κ2) is 9.67. The summed E-state index contributed by atoms with van der Waals surface area (Å²) < 4.78 is 31.0. The molecule has 2 aromatic carbocycles. The fraction of sp³-hybridized carbons (Fsp3) is 0.333. The number of benzene rings is 2. The number of nitrogens with one attached hydrogen (secondary N) is 1. The van der Waals surface area contributed by atoms with E-state index < -0.39 is 9.84 Å². The first kappa shape index (κ1) is 22.2. The van der Waals surface area contributed by atoms with E-state index in [0.29, 0.717) is 35.0 Å². The molecule has 7 nitrogen and oxygen atoms in total. The summed E-state index contributed by atoms with van der Waals surface area (Å²) in [5.41, 5.74) is 1.63. The Kier molecular flexibility index (Phi) is 6.72. The molecule has 0 unspecified atom stereocenters. The van der Waals surface area contributed by atoms with Crippen molar-refractivity contribution in [2.45, 2.75) is 30.4 Å². The number of likely N-dealkylation sites (tertiary alicyclic amines) is 1. The van der Waals surface area contributed by atoms with Gasteiger partial charge in [-0.15, -0.1) is 0 Å². The third kappa shape index (κ3) is 5.26. The molecule has 1 saturated heterocycles. The van der Waals surface area contributed by atoms with Gasteiger partial charge in [-0.2, -0.15) is 0 Å². The van der Waals surface area contributed by atoms with Crippen molar-refractivity contribution in [2.75, 3.05) is 26.2 Å². The predicted molar refractivity (Wildman–Crippen MR) is 122 cm³/mol. The van der Waals surface area contributed by atoms with E-state index in [9.17, 15) is 13.2 Å². The van der Waals surface area contributed by atoms with Crippen molar-refractivity contribution in [2.24, 2.45) is 0 Å². The maximum atomic E-state index is 12.7. The number of hydrogen-bond acceptors (Lipinski definition) is 6. The van der Waals surface area contributed by atoms with Gasteiger partial charge in [0, 0.05) is 24.2 Å². The topological polar surface area (TPSA) is 92.5 Å². The average Bonchev–Trinajstić information content (AvgIpc) is 3.44. The minimum absolute atomic E-state index is 0.117. The van der Waals surface area contributed by atoms with Gasteiger partial charge < -0.3 is 14.6 Å². The predicted octanol–water partition coefficient (Wildman–Crippen LogP) is 3.45. The van der Waals surface area contributed by atoms with Crippen molar-refractivity contribution in [1.82, 2.24) is 15.2 Å². The Balaban J connectivity index is 1.40. The Bertz CT molecular complexity index is 1170. The number of aromatic nitrogens is 1. The normalized spacial score (nSPS) is 14.5. The first-order chi connectivity index (χ1) is 15.4. The van der Waals surface area contributed by atoms with Crippen LogP contribution in [-0.4, -0.2) is 50.4 Å². The van der Waals surface area contributed by atoms with Crippen LogP contribution in [0.1, 0.15) is 34.7 Å². The molecule has 0 radical (unpaired) electrons. The van der Waals surface area contributed by atoms with E-state index in [1.165, 1.54) is 12.8 Å². The molecule has 8 heteroatoms. The van der Waals surface area contributed by atoms with Gasteiger partial charge >= 0.3 is 0 Å². The van der Waals surface area contributed by atoms with Gasteiger partial charge in [0.1, 0.15) is 11.5 Å². The second-order valence-electron chi connectivity index (χ2n) is 7.98. The average molecular weight is 454 g/mol. The highest BCUT2D eigenvalue weighted by molar-refractivity contribution is 7.90. The number of carbonyl (C=O) groups excluding carboxylic acids is 1. The van der Waals surface area contributed by atoms with Gasteiger partial charge in [0.05, 0.1) is 10.6 Å². The molecule has 0 bridgehead atoms. The van der Waals surface area contributed by atoms with E-state index in [0.717, 1.165) is 19.6 Å². The maximum absolute atomic E-state index is 12.7. The lowest BCUT2D eigenvalue weighted by atomic mass is 10.1. The molecule has 0 saturated carbocycles. The third-order valence-electron chi connectivity index (χ3n) is 5.63. The first-order valence-electron chi connectivity index (χ1n) is 10.8. The minimum atomic E-state index is -3.52. The molecule has 32 heavy (non-hydrogen) atoms. The van der Waals surface area contributed by atoms with E-state index in [1.807, 2.05) is 0 Å². The van der Waals surface area contributed by atoms with Crippen molar-refractivity contribution < 1.29 is 17.6 Å². The standard InChI is InChI=1S/C24H27N3O4S/c1-18-22(17-32(29,30)21-7-3-2-4-8-21)26-24(31-18)20-11-9-19(10-12-20)23(28)25-13-16-27-14-5-6-15-27/h2-4,7-12H,5-6,13-17H2,1H3,(H,25,28). The zero-order valence-corrected chi connectivity index (χ0v) is 18.9. The highest BCUT2D eigenvalue weighted by atomic mass is 32.2. The van der Waals surface area contributed by atoms with Crippen LogP contribution in [-0.2, 0) is 15.6 Å². The Morgan fingerprint density at radius 3 is 2.44 bits per heavy atom. The number of aryl methyl sites for hydroxylation is 1. The highest BCUT2D eigenvalue weighted by Crippen LogP contribution is 2.25. The van der Waals surface area contributed by atoms with E-state index in [-0.39, 0.29) is 16.6 Å². The van der Waals surface area contributed by atoms with Crippen LogP contribution in [0.3, 0.4) is 0 Å². The molecule has 1 aliphatic heterocycles. The number of oxazole rings is 1. The van der Waals surface area contributed by atoms with Gasteiger partial charge in [0.25, 0.3) is 5.91 Å². The lowest BCUT2D eigenvalue weighted by molar-refractivity contribution is 0.0949. The summed E-state index contributed by atoms with van der Waals surface area (Å²) in [5, 5.41) is 2.95. The summed E-state index contributed by atoms with van der Waals surface area (Å²) >= 11 is 0. The van der Waals surface area contributed by atoms with E-state index in [2.05, 4.69) is 15.2 Å². The molecule has 0 atom stereocenters. The SMILES string of the molecule is Cc1oc(-c2ccc(C(=O)NCCN3CCCC3)cc2)nc1CS(=O)(=O)c1ccccc1. The largest absolute Gasteiger partial charge is 0.441 e. The van der Waals surface area contributed by atoms with Crippen LogP contribution >= 0.6 is 0 Å². The highest BCUT2D eigenvalue weighted by Gasteiger charge is 2.21. The Labute approximate surface area is 188 Å². The zero-order chi connectivity index (χ0) is 22.6. The molecule has 4 rings (SSSR count). The quantitative estimate of drug-likeness (QED) is 0.562. The number of sulfone groups is 1. The van der Waals surface area contributed by atoms with Crippen molar-refractivity contribution in [3.8, 4) is 11.5 Å². The van der Waals surface area contributed by atoms with E-state index >= 15 is 0 Å². The number of carbonyl (C=O) groups is 1. The number of hydrogen-bond donors (Lipinski definition) is 1. The molecule has 1 fully saturated rings. The van der Waals surface area contributed by atoms with Crippen molar-refractivity contribution in [3.63, 3.8) is 0 Å². The molecule has 1 aromatic heterocycles. The molecular weight excluding hydrogens is 426 g/mol. The monoisotopic (exact) mass is 453 g/mol. The third-order valence-corrected chi connectivity index (χ3v) is 7.27. The summed E-state index contributed by atoms with van der Waals surface area (Å²) in [6, 6.07) is 15.3. The van der Waals surface area contributed by atoms with Crippen molar-refractivity contribution in [1.29, 1.82) is 0 Å². The zero-order valence-electron chi connectivity index (χ0n) is 18.1. The molecule has 0 spiro atoms. The molecule has 1 aliphatic rings. The first-order valence-corrected chi connectivity index (χ1v) is 12.4. The van der Waals surface area contributed by atoms with Crippen LogP contribution in [0.15, 0.2) is 63.9 Å². The summed E-state index contributed by atoms with van der Waals surface area (Å²) in [6.07, 6.45) is 2.46. The fourth-order valence-corrected chi connectivity index (χ4v) is 5.14. The van der Waals surface area contributed by atoms with Gasteiger partial charge in [-0.3, -0.25) is 4.79 Å². The number of nitrogens with zero attached hydrogens (tertiary/aromatic N) is 2. The Morgan fingerprint density at radius 2 is 1.75 bits per heavy atom. The molecule has 1 amide bonds. The van der Waals surface area contributed by atoms with E-state index in [4.69, 9.17) is 4.42 Å². The smallest absolute Gasteiger partial charge is 0.251 e. The summed E-state index contributed by atoms with van der Waals surface area (Å²) in [6.45, 7) is 5.41. The Morgan fingerprint density at radius 1 is 1.06 bits per heavy atom. The summed E-state index contributed by atoms with van der Waals surface area (Å²) in [5.74, 6) is 0.447. The van der Waals surface area contributed by atoms with Crippen LogP contribution in [0.5, 0.6) is 0 Å². The lowest BCUT2D eigenvalue weighted by Gasteiger charge is -2.14. The van der Waals surface area contributed by atoms with Gasteiger partial charge in [-0.25, -0.2) is 13.4 Å². The lowest BCUT2D eigenvalue weighted by Crippen LogP contribution is -2.33. The molecule has 1 N–H and O–H groups in total. The maximum Gasteiger partial charge on any atom is 0.251 e. The van der Waals surface area contributed by atoms with E-state index in [1.54, 1.807) is 61.5 Å². The van der Waals surface area contributed by atoms with Crippen LogP contribution in [0, 0.1) is 6.92 Å². The van der Waals surface area contributed by atoms with Crippen molar-refractivity contribution in [3.05, 3.63) is 71.6 Å². The Hall–Kier alpha value is -2.97. The minimum Gasteiger partial charge on any atom is -0.441 e. The molecular formula is C24H27N3O4S. The molecule has 3 aromatic rings.